The highest BCUT2D eigenvalue weighted by Crippen LogP contribution is 2.29. The number of esters is 2. The van der Waals surface area contributed by atoms with E-state index < -0.39 is 30.4 Å². The van der Waals surface area contributed by atoms with E-state index in [0.717, 1.165) is 32.1 Å². The molecule has 2 heterocycles. The minimum absolute atomic E-state index is 0.183. The van der Waals surface area contributed by atoms with Crippen molar-refractivity contribution in [2.24, 2.45) is 0 Å². The van der Waals surface area contributed by atoms with Crippen LogP contribution in [0.15, 0.2) is 11.6 Å². The van der Waals surface area contributed by atoms with Crippen LogP contribution in [0.25, 0.3) is 0 Å². The van der Waals surface area contributed by atoms with Gasteiger partial charge in [-0.2, -0.15) is 0 Å². The molecule has 0 aromatic rings. The Balaban J connectivity index is 1.55. The maximum absolute atomic E-state index is 12.4. The molecular formula is C39H68O9. The Morgan fingerprint density at radius 2 is 1.35 bits per heavy atom. The number of rotatable bonds is 29. The molecule has 0 radical (unpaired) electrons. The van der Waals surface area contributed by atoms with E-state index in [-0.39, 0.29) is 36.5 Å². The SMILES string of the molecule is CCCCCCCCCCCC[C@H](O)[C@H]1CC[C@@H]([C@H](O)C[C@H](CCCCC(=O)CCCC[C@H](O)CCC2=C[C@H](C)OC2=O)OC(C)=O)O1. The fourth-order valence-corrected chi connectivity index (χ4v) is 6.97. The van der Waals surface area contributed by atoms with Gasteiger partial charge in [0.05, 0.1) is 30.5 Å². The molecule has 48 heavy (non-hydrogen) atoms. The lowest BCUT2D eigenvalue weighted by Crippen LogP contribution is -2.34. The Bertz CT molecular complexity index is 934. The number of cyclic esters (lactones) is 1. The highest BCUT2D eigenvalue weighted by molar-refractivity contribution is 5.90. The summed E-state index contributed by atoms with van der Waals surface area (Å²) in [6, 6.07) is 0. The molecule has 0 spiro atoms. The van der Waals surface area contributed by atoms with E-state index in [4.69, 9.17) is 14.2 Å². The molecular weight excluding hydrogens is 612 g/mol. The highest BCUT2D eigenvalue weighted by Gasteiger charge is 2.35. The molecule has 0 unspecified atom stereocenters. The Kier molecular flexibility index (Phi) is 22.2. The molecule has 1 saturated heterocycles. The van der Waals surface area contributed by atoms with Crippen LogP contribution in [0, 0.1) is 0 Å². The first-order chi connectivity index (χ1) is 23.1. The predicted octanol–water partition coefficient (Wildman–Crippen LogP) is 7.59. The van der Waals surface area contributed by atoms with Crippen LogP contribution in [0.1, 0.15) is 175 Å². The van der Waals surface area contributed by atoms with E-state index in [1.165, 1.54) is 58.3 Å². The van der Waals surface area contributed by atoms with Crippen LogP contribution in [0.4, 0.5) is 0 Å². The molecule has 0 aliphatic carbocycles. The van der Waals surface area contributed by atoms with Crippen LogP contribution in [0.5, 0.6) is 0 Å². The van der Waals surface area contributed by atoms with Crippen LogP contribution in [0.2, 0.25) is 0 Å². The number of carbonyl (C=O) groups is 3. The van der Waals surface area contributed by atoms with E-state index in [1.54, 1.807) is 6.08 Å². The molecule has 7 atom stereocenters. The fourth-order valence-electron chi connectivity index (χ4n) is 6.97. The van der Waals surface area contributed by atoms with Gasteiger partial charge in [-0.25, -0.2) is 4.79 Å². The second-order valence-corrected chi connectivity index (χ2v) is 14.4. The monoisotopic (exact) mass is 680 g/mol. The van der Waals surface area contributed by atoms with Gasteiger partial charge in [-0.3, -0.25) is 9.59 Å². The maximum atomic E-state index is 12.4. The summed E-state index contributed by atoms with van der Waals surface area (Å²) < 4.78 is 16.7. The van der Waals surface area contributed by atoms with Crippen molar-refractivity contribution < 1.29 is 43.9 Å². The molecule has 0 amide bonds. The third-order valence-corrected chi connectivity index (χ3v) is 9.85. The van der Waals surface area contributed by atoms with E-state index >= 15 is 0 Å². The van der Waals surface area contributed by atoms with Crippen LogP contribution >= 0.6 is 0 Å². The molecule has 1 fully saturated rings. The lowest BCUT2D eigenvalue weighted by atomic mass is 9.98. The number of ether oxygens (including phenoxy) is 3. The van der Waals surface area contributed by atoms with E-state index in [1.807, 2.05) is 6.92 Å². The molecule has 0 aromatic heterocycles. The van der Waals surface area contributed by atoms with Crippen molar-refractivity contribution in [3.05, 3.63) is 11.6 Å². The van der Waals surface area contributed by atoms with Crippen molar-refractivity contribution in [1.82, 2.24) is 0 Å². The highest BCUT2D eigenvalue weighted by atomic mass is 16.6. The number of hydrogen-bond donors (Lipinski definition) is 3. The number of ketones is 1. The van der Waals surface area contributed by atoms with E-state index in [0.29, 0.717) is 69.8 Å². The fraction of sp³-hybridized carbons (Fsp3) is 0.872. The van der Waals surface area contributed by atoms with Crippen molar-refractivity contribution in [2.75, 3.05) is 0 Å². The van der Waals surface area contributed by atoms with Gasteiger partial charge in [-0.15, -0.1) is 0 Å². The second kappa shape index (κ2) is 25.2. The molecule has 2 aliphatic rings. The lowest BCUT2D eigenvalue weighted by molar-refractivity contribution is -0.150. The van der Waals surface area contributed by atoms with Gasteiger partial charge in [-0.1, -0.05) is 77.6 Å². The largest absolute Gasteiger partial charge is 0.462 e. The van der Waals surface area contributed by atoms with Crippen LogP contribution in [-0.2, 0) is 28.6 Å². The molecule has 278 valence electrons. The van der Waals surface area contributed by atoms with Crippen molar-refractivity contribution in [1.29, 1.82) is 0 Å². The van der Waals surface area contributed by atoms with Gasteiger partial charge in [0.25, 0.3) is 0 Å². The van der Waals surface area contributed by atoms with Crippen molar-refractivity contribution in [3.63, 3.8) is 0 Å². The summed E-state index contributed by atoms with van der Waals surface area (Å²) in [5.41, 5.74) is 0.632. The Hall–Kier alpha value is -1.81. The molecule has 3 N–H and O–H groups in total. The van der Waals surface area contributed by atoms with Crippen molar-refractivity contribution in [2.45, 2.75) is 218 Å². The molecule has 0 bridgehead atoms. The summed E-state index contributed by atoms with van der Waals surface area (Å²) in [7, 11) is 0. The Morgan fingerprint density at radius 1 is 0.792 bits per heavy atom. The third-order valence-electron chi connectivity index (χ3n) is 9.85. The molecule has 2 rings (SSSR count). The van der Waals surface area contributed by atoms with Crippen molar-refractivity contribution in [3.8, 4) is 0 Å². The number of unbranched alkanes of at least 4 members (excludes halogenated alkanes) is 11. The van der Waals surface area contributed by atoms with Gasteiger partial charge in [0.2, 0.25) is 0 Å². The first-order valence-corrected chi connectivity index (χ1v) is 19.4. The van der Waals surface area contributed by atoms with Crippen LogP contribution in [0.3, 0.4) is 0 Å². The lowest BCUT2D eigenvalue weighted by Gasteiger charge is -2.25. The number of aliphatic hydroxyl groups is 3. The summed E-state index contributed by atoms with van der Waals surface area (Å²) >= 11 is 0. The van der Waals surface area contributed by atoms with Crippen LogP contribution < -0.4 is 0 Å². The molecule has 0 aromatic carbocycles. The number of Topliss-reactive ketones (excluding diaryl/α,β-unsaturated/α-hetero) is 1. The number of hydrogen-bond acceptors (Lipinski definition) is 9. The Morgan fingerprint density at radius 3 is 1.94 bits per heavy atom. The minimum atomic E-state index is -0.784. The van der Waals surface area contributed by atoms with Gasteiger partial charge in [0, 0.05) is 31.8 Å². The normalized spacial score (nSPS) is 21.8. The molecule has 0 saturated carbocycles. The first kappa shape index (κ1) is 42.4. The maximum Gasteiger partial charge on any atom is 0.334 e. The van der Waals surface area contributed by atoms with Gasteiger partial charge in [0.15, 0.2) is 0 Å². The summed E-state index contributed by atoms with van der Waals surface area (Å²) in [6.07, 6.45) is 19.6. The zero-order valence-electron chi connectivity index (χ0n) is 30.4. The third kappa shape index (κ3) is 18.8. The second-order valence-electron chi connectivity index (χ2n) is 14.4. The standard InChI is InChI=1S/C39H68O9/c1-4-5-6-7-8-9-10-11-12-13-22-35(43)37-25-26-38(48-37)36(44)28-34(47-30(3)40)21-17-16-19-32(41)18-14-15-20-33(42)24-23-31-27-29(2)46-39(31)45/h27,29,33-38,42-44H,4-26,28H2,1-3H3/t29-,33-,34-,35-,36+,37+,38-/m0/s1. The van der Waals surface area contributed by atoms with Gasteiger partial charge < -0.3 is 29.5 Å². The topological polar surface area (TPSA) is 140 Å². The zero-order valence-corrected chi connectivity index (χ0v) is 30.4. The zero-order chi connectivity index (χ0) is 35.1. The molecule has 2 aliphatic heterocycles. The number of carbonyl (C=O) groups excluding carboxylic acids is 3. The van der Waals surface area contributed by atoms with E-state index in [9.17, 15) is 29.7 Å². The average molecular weight is 681 g/mol. The molecule has 9 heteroatoms. The van der Waals surface area contributed by atoms with Gasteiger partial charge in [0.1, 0.15) is 18.0 Å². The average Bonchev–Trinajstić information content (AvgIpc) is 3.67. The first-order valence-electron chi connectivity index (χ1n) is 19.4. The number of aliphatic hydroxyl groups excluding tert-OH is 3. The summed E-state index contributed by atoms with van der Waals surface area (Å²) in [5, 5.41) is 31.8. The summed E-state index contributed by atoms with van der Waals surface area (Å²) in [6.45, 7) is 5.42. The van der Waals surface area contributed by atoms with Gasteiger partial charge in [-0.05, 0) is 77.2 Å². The van der Waals surface area contributed by atoms with Crippen molar-refractivity contribution >= 4 is 17.7 Å². The predicted molar refractivity (Wildman–Crippen MR) is 187 cm³/mol. The van der Waals surface area contributed by atoms with Gasteiger partial charge >= 0.3 is 11.9 Å². The smallest absolute Gasteiger partial charge is 0.334 e. The summed E-state index contributed by atoms with van der Waals surface area (Å²) in [4.78, 5) is 35.8. The van der Waals surface area contributed by atoms with Crippen LogP contribution in [-0.4, -0.2) is 75.8 Å². The summed E-state index contributed by atoms with van der Waals surface area (Å²) in [5.74, 6) is -0.502. The quantitative estimate of drug-likeness (QED) is 0.0538. The van der Waals surface area contributed by atoms with E-state index in [2.05, 4.69) is 6.92 Å². The Labute approximate surface area is 290 Å². The minimum Gasteiger partial charge on any atom is -0.462 e. The molecule has 9 nitrogen and oxygen atoms in total.